The minimum Gasteiger partial charge on any atom is -0.481 e. The molecule has 6 heteroatoms. The Morgan fingerprint density at radius 2 is 2.05 bits per heavy atom. The highest BCUT2D eigenvalue weighted by atomic mass is 32.2. The molecule has 1 rings (SSSR count). The van der Waals surface area contributed by atoms with E-state index in [1.54, 1.807) is 0 Å². The largest absolute Gasteiger partial charge is 0.481 e. The second-order valence-electron chi connectivity index (χ2n) is 6.36. The fraction of sp³-hybridized carbons (Fsp3) is 0.857. The molecule has 0 aromatic carbocycles. The van der Waals surface area contributed by atoms with Gasteiger partial charge in [-0.15, -0.1) is 0 Å². The minimum absolute atomic E-state index is 0.0604. The highest BCUT2D eigenvalue weighted by molar-refractivity contribution is 7.99. The highest BCUT2D eigenvalue weighted by Crippen LogP contribution is 2.24. The molecule has 0 bridgehead atoms. The number of carbonyl (C=O) groups is 2. The van der Waals surface area contributed by atoms with Crippen LogP contribution in [0.4, 0.5) is 4.79 Å². The van der Waals surface area contributed by atoms with Crippen LogP contribution in [0.25, 0.3) is 0 Å². The fourth-order valence-electron chi connectivity index (χ4n) is 2.13. The summed E-state index contributed by atoms with van der Waals surface area (Å²) in [5.41, 5.74) is -0.282. The van der Waals surface area contributed by atoms with E-state index in [0.29, 0.717) is 11.8 Å². The van der Waals surface area contributed by atoms with Crippen LogP contribution in [0, 0.1) is 5.41 Å². The number of amides is 2. The number of urea groups is 1. The van der Waals surface area contributed by atoms with Gasteiger partial charge in [-0.3, -0.25) is 4.79 Å². The first-order valence-electron chi connectivity index (χ1n) is 7.17. The molecular weight excluding hydrogens is 276 g/mol. The van der Waals surface area contributed by atoms with E-state index in [1.165, 1.54) is 12.8 Å². The second-order valence-corrected chi connectivity index (χ2v) is 7.77. The molecule has 1 aliphatic rings. The van der Waals surface area contributed by atoms with Crippen LogP contribution < -0.4 is 10.6 Å². The van der Waals surface area contributed by atoms with Gasteiger partial charge in [-0.1, -0.05) is 27.2 Å². The molecule has 0 radical (unpaired) electrons. The SMILES string of the molecule is CC(C)(C)C(CC(=O)O)NC(=O)NCC1CCCCS1. The molecule has 0 aliphatic carbocycles. The van der Waals surface area contributed by atoms with Crippen LogP contribution in [-0.2, 0) is 4.79 Å². The summed E-state index contributed by atoms with van der Waals surface area (Å²) in [6.45, 7) is 6.44. The number of carbonyl (C=O) groups excluding carboxylic acids is 1. The van der Waals surface area contributed by atoms with Crippen LogP contribution in [0.3, 0.4) is 0 Å². The first kappa shape index (κ1) is 17.1. The number of carboxylic acid groups (broad SMARTS) is 1. The van der Waals surface area contributed by atoms with Crippen molar-refractivity contribution >= 4 is 23.8 Å². The first-order chi connectivity index (χ1) is 9.29. The van der Waals surface area contributed by atoms with Gasteiger partial charge in [0.15, 0.2) is 0 Å². The number of hydrogen-bond acceptors (Lipinski definition) is 3. The quantitative estimate of drug-likeness (QED) is 0.729. The monoisotopic (exact) mass is 302 g/mol. The van der Waals surface area contributed by atoms with Gasteiger partial charge in [-0.25, -0.2) is 4.79 Å². The summed E-state index contributed by atoms with van der Waals surface area (Å²) in [7, 11) is 0. The third-order valence-corrected chi connectivity index (χ3v) is 4.89. The zero-order valence-corrected chi connectivity index (χ0v) is 13.4. The summed E-state index contributed by atoms with van der Waals surface area (Å²) in [5, 5.41) is 15.1. The smallest absolute Gasteiger partial charge is 0.315 e. The van der Waals surface area contributed by atoms with Gasteiger partial charge in [-0.05, 0) is 24.0 Å². The van der Waals surface area contributed by atoms with Gasteiger partial charge in [0.25, 0.3) is 0 Å². The summed E-state index contributed by atoms with van der Waals surface area (Å²) in [4.78, 5) is 22.8. The number of thioether (sulfide) groups is 1. The molecule has 2 atom stereocenters. The normalized spacial score (nSPS) is 21.1. The average Bonchev–Trinajstić information content (AvgIpc) is 2.35. The van der Waals surface area contributed by atoms with Crippen LogP contribution in [0.15, 0.2) is 0 Å². The van der Waals surface area contributed by atoms with Crippen molar-refractivity contribution in [1.29, 1.82) is 0 Å². The van der Waals surface area contributed by atoms with Gasteiger partial charge >= 0.3 is 12.0 Å². The van der Waals surface area contributed by atoms with Crippen molar-refractivity contribution in [2.24, 2.45) is 5.41 Å². The second kappa shape index (κ2) is 7.76. The molecule has 3 N–H and O–H groups in total. The zero-order chi connectivity index (χ0) is 15.2. The number of aliphatic carboxylic acids is 1. The lowest BCUT2D eigenvalue weighted by Crippen LogP contribution is -2.50. The van der Waals surface area contributed by atoms with Crippen LogP contribution in [0.1, 0.15) is 46.5 Å². The molecule has 116 valence electrons. The number of nitrogens with one attached hydrogen (secondary N) is 2. The van der Waals surface area contributed by atoms with Crippen molar-refractivity contribution in [1.82, 2.24) is 10.6 Å². The number of rotatable bonds is 5. The van der Waals surface area contributed by atoms with Crippen LogP contribution in [-0.4, -0.2) is 40.7 Å². The Bertz CT molecular complexity index is 336. The molecule has 1 saturated heterocycles. The van der Waals surface area contributed by atoms with E-state index in [9.17, 15) is 9.59 Å². The van der Waals surface area contributed by atoms with E-state index in [0.717, 1.165) is 12.2 Å². The van der Waals surface area contributed by atoms with Gasteiger partial charge in [0.2, 0.25) is 0 Å². The molecule has 1 heterocycles. The van der Waals surface area contributed by atoms with Crippen molar-refractivity contribution in [2.75, 3.05) is 12.3 Å². The molecule has 0 spiro atoms. The van der Waals surface area contributed by atoms with Gasteiger partial charge in [-0.2, -0.15) is 11.8 Å². The third kappa shape index (κ3) is 6.50. The van der Waals surface area contributed by atoms with Crippen LogP contribution >= 0.6 is 11.8 Å². The molecule has 1 fully saturated rings. The van der Waals surface area contributed by atoms with Gasteiger partial charge in [0, 0.05) is 17.8 Å². The molecule has 0 saturated carbocycles. The Morgan fingerprint density at radius 3 is 2.55 bits per heavy atom. The van der Waals surface area contributed by atoms with E-state index < -0.39 is 5.97 Å². The maximum atomic E-state index is 11.9. The van der Waals surface area contributed by atoms with Crippen molar-refractivity contribution in [3.8, 4) is 0 Å². The third-order valence-electron chi connectivity index (χ3n) is 3.49. The van der Waals surface area contributed by atoms with Crippen molar-refractivity contribution < 1.29 is 14.7 Å². The molecular formula is C14H26N2O3S. The predicted octanol–water partition coefficient (Wildman–Crippen LogP) is 2.46. The topological polar surface area (TPSA) is 78.4 Å². The molecule has 1 aliphatic heterocycles. The van der Waals surface area contributed by atoms with Gasteiger partial charge < -0.3 is 15.7 Å². The molecule has 0 aromatic heterocycles. The van der Waals surface area contributed by atoms with Crippen molar-refractivity contribution in [2.45, 2.75) is 57.7 Å². The maximum Gasteiger partial charge on any atom is 0.315 e. The van der Waals surface area contributed by atoms with E-state index in [1.807, 2.05) is 32.5 Å². The van der Waals surface area contributed by atoms with E-state index in [4.69, 9.17) is 5.11 Å². The fourth-order valence-corrected chi connectivity index (χ4v) is 3.37. The highest BCUT2D eigenvalue weighted by Gasteiger charge is 2.28. The number of carboxylic acids is 1. The lowest BCUT2D eigenvalue weighted by Gasteiger charge is -2.30. The summed E-state index contributed by atoms with van der Waals surface area (Å²) in [5.74, 6) is 0.269. The minimum atomic E-state index is -0.895. The Morgan fingerprint density at radius 1 is 1.35 bits per heavy atom. The molecule has 2 amide bonds. The van der Waals surface area contributed by atoms with Gasteiger partial charge in [0.1, 0.15) is 0 Å². The van der Waals surface area contributed by atoms with E-state index in [2.05, 4.69) is 10.6 Å². The Kier molecular flexibility index (Phi) is 6.65. The predicted molar refractivity (Wildman–Crippen MR) is 82.1 cm³/mol. The Hall–Kier alpha value is -0.910. The molecule has 20 heavy (non-hydrogen) atoms. The lowest BCUT2D eigenvalue weighted by atomic mass is 9.85. The summed E-state index contributed by atoms with van der Waals surface area (Å²) < 4.78 is 0. The summed E-state index contributed by atoms with van der Waals surface area (Å²) >= 11 is 1.90. The number of hydrogen-bond donors (Lipinski definition) is 3. The van der Waals surface area contributed by atoms with Crippen LogP contribution in [0.2, 0.25) is 0 Å². The van der Waals surface area contributed by atoms with Gasteiger partial charge in [0.05, 0.1) is 6.42 Å². The van der Waals surface area contributed by atoms with E-state index in [-0.39, 0.29) is 23.9 Å². The Labute approximate surface area is 125 Å². The summed E-state index contributed by atoms with van der Waals surface area (Å²) in [6, 6.07) is -0.642. The first-order valence-corrected chi connectivity index (χ1v) is 8.21. The van der Waals surface area contributed by atoms with E-state index >= 15 is 0 Å². The molecule has 0 aromatic rings. The average molecular weight is 302 g/mol. The molecule has 2 unspecified atom stereocenters. The van der Waals surface area contributed by atoms with Crippen LogP contribution in [0.5, 0.6) is 0 Å². The van der Waals surface area contributed by atoms with Crippen molar-refractivity contribution in [3.63, 3.8) is 0 Å². The lowest BCUT2D eigenvalue weighted by molar-refractivity contribution is -0.138. The summed E-state index contributed by atoms with van der Waals surface area (Å²) in [6.07, 6.45) is 3.57. The zero-order valence-electron chi connectivity index (χ0n) is 12.6. The maximum absolute atomic E-state index is 11.9. The molecule has 5 nitrogen and oxygen atoms in total. The Balaban J connectivity index is 2.39. The standard InChI is InChI=1S/C14H26N2O3S/c1-14(2,3)11(8-12(17)18)16-13(19)15-9-10-6-4-5-7-20-10/h10-11H,4-9H2,1-3H3,(H,17,18)(H2,15,16,19). The van der Waals surface area contributed by atoms with Crippen molar-refractivity contribution in [3.05, 3.63) is 0 Å².